The summed E-state index contributed by atoms with van der Waals surface area (Å²) in [6.45, 7) is 0. The van der Waals surface area contributed by atoms with E-state index in [1.807, 2.05) is 0 Å². The summed E-state index contributed by atoms with van der Waals surface area (Å²) in [4.78, 5) is 25.0. The molecule has 0 bridgehead atoms. The smallest absolute Gasteiger partial charge is 0.252 e. The number of nitrogens with one attached hydrogen (secondary N) is 2. The monoisotopic (exact) mass is 206 g/mol. The van der Waals surface area contributed by atoms with Crippen molar-refractivity contribution < 1.29 is 4.79 Å². The number of hydrogen-bond donors (Lipinski definition) is 2. The third-order valence-corrected chi connectivity index (χ3v) is 2.74. The van der Waals surface area contributed by atoms with Crippen molar-refractivity contribution in [2.45, 2.75) is 31.7 Å². The average molecular weight is 206 g/mol. The molecule has 1 aliphatic carbocycles. The van der Waals surface area contributed by atoms with E-state index in [1.54, 1.807) is 6.07 Å². The van der Waals surface area contributed by atoms with Crippen LogP contribution in [-0.2, 0) is 0 Å². The minimum atomic E-state index is -0.188. The Kier molecular flexibility index (Phi) is 2.85. The molecule has 1 amide bonds. The van der Waals surface area contributed by atoms with Crippen LogP contribution in [0.4, 0.5) is 0 Å². The van der Waals surface area contributed by atoms with Gasteiger partial charge in [-0.05, 0) is 18.9 Å². The second kappa shape index (κ2) is 4.29. The predicted molar refractivity (Wildman–Crippen MR) is 56.8 cm³/mol. The minimum Gasteiger partial charge on any atom is -0.349 e. The summed E-state index contributed by atoms with van der Waals surface area (Å²) < 4.78 is 0. The maximum Gasteiger partial charge on any atom is 0.252 e. The Labute approximate surface area is 87.7 Å². The molecular weight excluding hydrogens is 192 g/mol. The highest BCUT2D eigenvalue weighted by Gasteiger charge is 2.17. The van der Waals surface area contributed by atoms with Gasteiger partial charge >= 0.3 is 0 Å². The highest BCUT2D eigenvalue weighted by Crippen LogP contribution is 2.17. The van der Waals surface area contributed by atoms with E-state index in [4.69, 9.17) is 0 Å². The van der Waals surface area contributed by atoms with Crippen LogP contribution in [0.5, 0.6) is 0 Å². The third kappa shape index (κ3) is 2.46. The zero-order chi connectivity index (χ0) is 10.7. The first-order valence-corrected chi connectivity index (χ1v) is 5.25. The molecule has 0 spiro atoms. The fraction of sp³-hybridized carbons (Fsp3) is 0.455. The van der Waals surface area contributed by atoms with Gasteiger partial charge in [-0.3, -0.25) is 9.59 Å². The van der Waals surface area contributed by atoms with E-state index in [0.717, 1.165) is 12.8 Å². The fourth-order valence-corrected chi connectivity index (χ4v) is 1.89. The maximum atomic E-state index is 11.7. The SMILES string of the molecule is O=C(NC1CCCC1)c1ccc(=O)[nH]c1. The van der Waals surface area contributed by atoms with Gasteiger partial charge in [-0.15, -0.1) is 0 Å². The van der Waals surface area contributed by atoms with Crippen LogP contribution in [0.2, 0.25) is 0 Å². The quantitative estimate of drug-likeness (QED) is 0.759. The molecule has 0 aliphatic heterocycles. The highest BCUT2D eigenvalue weighted by molar-refractivity contribution is 5.93. The molecule has 4 heteroatoms. The van der Waals surface area contributed by atoms with E-state index in [9.17, 15) is 9.59 Å². The molecule has 80 valence electrons. The molecule has 2 rings (SSSR count). The van der Waals surface area contributed by atoms with Gasteiger partial charge in [0.2, 0.25) is 5.56 Å². The Morgan fingerprint density at radius 2 is 2.07 bits per heavy atom. The van der Waals surface area contributed by atoms with Crippen molar-refractivity contribution in [2.75, 3.05) is 0 Å². The Balaban J connectivity index is 2.01. The van der Waals surface area contributed by atoms with Crippen molar-refractivity contribution in [1.29, 1.82) is 0 Å². The molecule has 1 fully saturated rings. The lowest BCUT2D eigenvalue weighted by Crippen LogP contribution is -2.32. The molecule has 0 radical (unpaired) electrons. The van der Waals surface area contributed by atoms with Gasteiger partial charge in [-0.25, -0.2) is 0 Å². The van der Waals surface area contributed by atoms with Gasteiger partial charge in [-0.1, -0.05) is 12.8 Å². The number of pyridine rings is 1. The number of amides is 1. The lowest BCUT2D eigenvalue weighted by molar-refractivity contribution is 0.0937. The Bertz CT molecular complexity index is 385. The summed E-state index contributed by atoms with van der Waals surface area (Å²) in [5, 5.41) is 2.95. The molecule has 1 heterocycles. The first kappa shape index (κ1) is 9.96. The average Bonchev–Trinajstić information content (AvgIpc) is 2.71. The number of carbonyl (C=O) groups is 1. The standard InChI is InChI=1S/C11H14N2O2/c14-10-6-5-8(7-12-10)11(15)13-9-3-1-2-4-9/h5-7,9H,1-4H2,(H,12,14)(H,13,15). The second-order valence-corrected chi connectivity index (χ2v) is 3.90. The summed E-state index contributed by atoms with van der Waals surface area (Å²) >= 11 is 0. The van der Waals surface area contributed by atoms with Crippen LogP contribution < -0.4 is 10.9 Å². The largest absolute Gasteiger partial charge is 0.349 e. The zero-order valence-electron chi connectivity index (χ0n) is 8.45. The van der Waals surface area contributed by atoms with E-state index in [-0.39, 0.29) is 11.5 Å². The molecule has 0 aromatic carbocycles. The molecule has 1 saturated carbocycles. The summed E-state index contributed by atoms with van der Waals surface area (Å²) in [7, 11) is 0. The normalized spacial score (nSPS) is 16.5. The van der Waals surface area contributed by atoms with E-state index in [0.29, 0.717) is 11.6 Å². The van der Waals surface area contributed by atoms with Crippen molar-refractivity contribution >= 4 is 5.91 Å². The van der Waals surface area contributed by atoms with Crippen molar-refractivity contribution in [3.63, 3.8) is 0 Å². The van der Waals surface area contributed by atoms with Crippen molar-refractivity contribution in [1.82, 2.24) is 10.3 Å². The molecule has 1 aromatic heterocycles. The molecule has 0 saturated heterocycles. The van der Waals surface area contributed by atoms with Gasteiger partial charge in [-0.2, -0.15) is 0 Å². The first-order valence-electron chi connectivity index (χ1n) is 5.25. The first-order chi connectivity index (χ1) is 7.25. The van der Waals surface area contributed by atoms with Crippen molar-refractivity contribution in [3.8, 4) is 0 Å². The van der Waals surface area contributed by atoms with Crippen LogP contribution in [0.25, 0.3) is 0 Å². The molecular formula is C11H14N2O2. The number of aromatic nitrogens is 1. The van der Waals surface area contributed by atoms with E-state index in [1.165, 1.54) is 25.1 Å². The summed E-state index contributed by atoms with van der Waals surface area (Å²) in [6.07, 6.45) is 5.96. The Morgan fingerprint density at radius 1 is 1.33 bits per heavy atom. The molecule has 15 heavy (non-hydrogen) atoms. The third-order valence-electron chi connectivity index (χ3n) is 2.74. The van der Waals surface area contributed by atoms with Crippen LogP contribution in [-0.4, -0.2) is 16.9 Å². The summed E-state index contributed by atoms with van der Waals surface area (Å²) in [5.74, 6) is -0.0989. The topological polar surface area (TPSA) is 62.0 Å². The second-order valence-electron chi connectivity index (χ2n) is 3.90. The van der Waals surface area contributed by atoms with Crippen LogP contribution in [0.1, 0.15) is 36.0 Å². The zero-order valence-corrected chi connectivity index (χ0v) is 8.45. The van der Waals surface area contributed by atoms with Crippen LogP contribution in [0.3, 0.4) is 0 Å². The number of H-pyrrole nitrogens is 1. The maximum absolute atomic E-state index is 11.7. The lowest BCUT2D eigenvalue weighted by Gasteiger charge is -2.11. The summed E-state index contributed by atoms with van der Waals surface area (Å²) in [5.41, 5.74) is 0.328. The van der Waals surface area contributed by atoms with Gasteiger partial charge in [0, 0.05) is 18.3 Å². The fourth-order valence-electron chi connectivity index (χ4n) is 1.89. The van der Waals surface area contributed by atoms with Crippen molar-refractivity contribution in [3.05, 3.63) is 34.2 Å². The highest BCUT2D eigenvalue weighted by atomic mass is 16.2. The van der Waals surface area contributed by atoms with Crippen LogP contribution in [0, 0.1) is 0 Å². The molecule has 2 N–H and O–H groups in total. The Morgan fingerprint density at radius 3 is 2.67 bits per heavy atom. The number of carbonyl (C=O) groups excluding carboxylic acids is 1. The number of rotatable bonds is 2. The van der Waals surface area contributed by atoms with E-state index >= 15 is 0 Å². The number of hydrogen-bond acceptors (Lipinski definition) is 2. The molecule has 1 aromatic rings. The number of aromatic amines is 1. The van der Waals surface area contributed by atoms with Crippen molar-refractivity contribution in [2.24, 2.45) is 0 Å². The summed E-state index contributed by atoms with van der Waals surface area (Å²) in [6, 6.07) is 3.22. The van der Waals surface area contributed by atoms with Gasteiger partial charge in [0.25, 0.3) is 5.91 Å². The Hall–Kier alpha value is -1.58. The molecule has 4 nitrogen and oxygen atoms in total. The minimum absolute atomic E-state index is 0.0989. The van der Waals surface area contributed by atoms with Crippen LogP contribution >= 0.6 is 0 Å². The van der Waals surface area contributed by atoms with Crippen LogP contribution in [0.15, 0.2) is 23.1 Å². The van der Waals surface area contributed by atoms with Gasteiger partial charge in [0.15, 0.2) is 0 Å². The molecule has 1 aliphatic rings. The van der Waals surface area contributed by atoms with Gasteiger partial charge in [0.05, 0.1) is 5.56 Å². The van der Waals surface area contributed by atoms with E-state index in [2.05, 4.69) is 10.3 Å². The van der Waals surface area contributed by atoms with Gasteiger partial charge in [0.1, 0.15) is 0 Å². The lowest BCUT2D eigenvalue weighted by atomic mass is 10.2. The molecule has 0 atom stereocenters. The van der Waals surface area contributed by atoms with Gasteiger partial charge < -0.3 is 10.3 Å². The predicted octanol–water partition coefficient (Wildman–Crippen LogP) is 1.05. The molecule has 0 unspecified atom stereocenters. The van der Waals surface area contributed by atoms with E-state index < -0.39 is 0 Å².